The number of aromatic carboxylic acids is 1. The van der Waals surface area contributed by atoms with E-state index >= 15 is 0 Å². The van der Waals surface area contributed by atoms with Crippen LogP contribution >= 0.6 is 0 Å². The third kappa shape index (κ3) is 2.98. The highest BCUT2D eigenvalue weighted by atomic mass is 16.4. The quantitative estimate of drug-likeness (QED) is 0.621. The van der Waals surface area contributed by atoms with Crippen molar-refractivity contribution in [2.75, 3.05) is 11.9 Å². The van der Waals surface area contributed by atoms with Crippen LogP contribution in [0.4, 0.5) is 17.3 Å². The maximum atomic E-state index is 10.7. The minimum Gasteiger partial charge on any atom is -0.475 e. The summed E-state index contributed by atoms with van der Waals surface area (Å²) in [5, 5.41) is 26.8. The number of hydrogen-bond donors (Lipinski definition) is 3. The van der Waals surface area contributed by atoms with Gasteiger partial charge in [-0.3, -0.25) is 10.1 Å². The van der Waals surface area contributed by atoms with E-state index in [-0.39, 0.29) is 11.8 Å². The topological polar surface area (TPSA) is 129 Å². The fourth-order valence-electron chi connectivity index (χ4n) is 2.07. The van der Waals surface area contributed by atoms with Crippen LogP contribution in [0.15, 0.2) is 40.7 Å². The molecule has 0 spiro atoms. The predicted molar refractivity (Wildman–Crippen MR) is 83.4 cm³/mol. The Morgan fingerprint density at radius 1 is 1.35 bits per heavy atom. The highest BCUT2D eigenvalue weighted by Crippen LogP contribution is 2.30. The zero-order valence-electron chi connectivity index (χ0n) is 12.2. The highest BCUT2D eigenvalue weighted by Gasteiger charge is 2.10. The Hall–Kier alpha value is -3.36. The number of pyridine rings is 1. The van der Waals surface area contributed by atoms with E-state index in [9.17, 15) is 4.79 Å². The van der Waals surface area contributed by atoms with Crippen molar-refractivity contribution in [1.82, 2.24) is 20.2 Å². The first-order valence-corrected chi connectivity index (χ1v) is 6.88. The monoisotopic (exact) mass is 311 g/mol. The van der Waals surface area contributed by atoms with Crippen LogP contribution in [0.3, 0.4) is 0 Å². The third-order valence-corrected chi connectivity index (χ3v) is 3.04. The molecule has 0 aliphatic rings. The average molecular weight is 311 g/mol. The van der Waals surface area contributed by atoms with E-state index in [0.717, 1.165) is 17.6 Å². The van der Waals surface area contributed by atoms with Gasteiger partial charge in [-0.25, -0.2) is 4.79 Å². The predicted octanol–water partition coefficient (Wildman–Crippen LogP) is 2.90. The Morgan fingerprint density at radius 3 is 2.96 bits per heavy atom. The van der Waals surface area contributed by atoms with Gasteiger partial charge in [-0.2, -0.15) is 4.98 Å². The van der Waals surface area contributed by atoms with Crippen LogP contribution in [0.2, 0.25) is 0 Å². The molecule has 0 unspecified atom stereocenters. The van der Waals surface area contributed by atoms with Gasteiger partial charge in [0.05, 0.1) is 5.52 Å². The number of carboxylic acid groups (broad SMARTS) is 1. The number of aromatic amines is 1. The maximum Gasteiger partial charge on any atom is 0.373 e. The molecule has 3 aromatic rings. The second kappa shape index (κ2) is 6.18. The fourth-order valence-corrected chi connectivity index (χ4v) is 2.07. The standard InChI is InChI=1S/C14H13N7O2/c1-2-15-9-5-6-10(11-8(9)4-3-7-16-11)18-20-14-17-12(13(22)23)19-21-14/h3-7,15H,2H2,1H3,(H,22,23)(H,17,19,21). The van der Waals surface area contributed by atoms with Gasteiger partial charge in [0.25, 0.3) is 5.95 Å². The number of H-pyrrole nitrogens is 1. The summed E-state index contributed by atoms with van der Waals surface area (Å²) in [7, 11) is 0. The summed E-state index contributed by atoms with van der Waals surface area (Å²) in [6.07, 6.45) is 1.67. The first-order chi connectivity index (χ1) is 11.2. The minimum absolute atomic E-state index is 0.0535. The van der Waals surface area contributed by atoms with Crippen LogP contribution in [0.1, 0.15) is 17.5 Å². The summed E-state index contributed by atoms with van der Waals surface area (Å²) >= 11 is 0. The van der Waals surface area contributed by atoms with Crippen molar-refractivity contribution in [1.29, 1.82) is 0 Å². The summed E-state index contributed by atoms with van der Waals surface area (Å²) < 4.78 is 0. The molecule has 116 valence electrons. The molecule has 2 aromatic heterocycles. The molecule has 2 heterocycles. The zero-order chi connectivity index (χ0) is 16.2. The lowest BCUT2D eigenvalue weighted by molar-refractivity contribution is 0.0684. The summed E-state index contributed by atoms with van der Waals surface area (Å²) in [5.41, 5.74) is 2.19. The fraction of sp³-hybridized carbons (Fsp3) is 0.143. The summed E-state index contributed by atoms with van der Waals surface area (Å²) in [5.74, 6) is -1.55. The number of nitrogens with one attached hydrogen (secondary N) is 2. The van der Waals surface area contributed by atoms with Crippen molar-refractivity contribution in [3.05, 3.63) is 36.3 Å². The van der Waals surface area contributed by atoms with Crippen molar-refractivity contribution in [3.8, 4) is 0 Å². The van der Waals surface area contributed by atoms with Crippen LogP contribution in [0.25, 0.3) is 10.9 Å². The van der Waals surface area contributed by atoms with E-state index in [1.165, 1.54) is 0 Å². The zero-order valence-corrected chi connectivity index (χ0v) is 12.2. The molecule has 0 saturated heterocycles. The summed E-state index contributed by atoms with van der Waals surface area (Å²) in [4.78, 5) is 18.8. The van der Waals surface area contributed by atoms with E-state index in [1.807, 2.05) is 25.1 Å². The van der Waals surface area contributed by atoms with Crippen LogP contribution in [0.5, 0.6) is 0 Å². The first-order valence-electron chi connectivity index (χ1n) is 6.88. The first kappa shape index (κ1) is 14.6. The van der Waals surface area contributed by atoms with Crippen molar-refractivity contribution in [3.63, 3.8) is 0 Å². The van der Waals surface area contributed by atoms with Crippen LogP contribution in [-0.2, 0) is 0 Å². The molecule has 1 aromatic carbocycles. The molecular formula is C14H13N7O2. The van der Waals surface area contributed by atoms with Crippen molar-refractivity contribution in [2.24, 2.45) is 10.2 Å². The van der Waals surface area contributed by atoms with Crippen molar-refractivity contribution in [2.45, 2.75) is 6.92 Å². The smallest absolute Gasteiger partial charge is 0.373 e. The molecule has 3 N–H and O–H groups in total. The molecule has 9 heteroatoms. The number of nitrogens with zero attached hydrogens (tertiary/aromatic N) is 5. The molecule has 9 nitrogen and oxygen atoms in total. The van der Waals surface area contributed by atoms with Crippen molar-refractivity contribution < 1.29 is 9.90 Å². The van der Waals surface area contributed by atoms with E-state index in [1.54, 1.807) is 12.3 Å². The maximum absolute atomic E-state index is 10.7. The molecule has 0 atom stereocenters. The van der Waals surface area contributed by atoms with Crippen LogP contribution in [-0.4, -0.2) is 37.8 Å². The molecule has 0 radical (unpaired) electrons. The Balaban J connectivity index is 1.98. The number of aromatic nitrogens is 4. The Kier molecular flexibility index (Phi) is 3.91. The number of azo groups is 1. The number of rotatable bonds is 5. The molecule has 0 amide bonds. The van der Waals surface area contributed by atoms with Crippen molar-refractivity contribution >= 4 is 34.2 Å². The van der Waals surface area contributed by atoms with Crippen LogP contribution < -0.4 is 5.32 Å². The van der Waals surface area contributed by atoms with Gasteiger partial charge in [-0.1, -0.05) is 0 Å². The number of hydrogen-bond acceptors (Lipinski definition) is 7. The van der Waals surface area contributed by atoms with Gasteiger partial charge in [0.1, 0.15) is 5.69 Å². The van der Waals surface area contributed by atoms with E-state index in [2.05, 4.69) is 35.7 Å². The van der Waals surface area contributed by atoms with Gasteiger partial charge < -0.3 is 10.4 Å². The SMILES string of the molecule is CCNc1ccc(N=Nc2n[nH]c(C(=O)O)n2)c2ncccc12. The Bertz CT molecular complexity index is 888. The second-order valence-corrected chi connectivity index (χ2v) is 4.55. The Labute approximate surface area is 130 Å². The molecule has 3 rings (SSSR count). The number of carboxylic acids is 1. The normalized spacial score (nSPS) is 11.2. The number of fused-ring (bicyclic) bond motifs is 1. The molecule has 0 aliphatic carbocycles. The lowest BCUT2D eigenvalue weighted by Gasteiger charge is -2.08. The van der Waals surface area contributed by atoms with Crippen LogP contribution in [0, 0.1) is 0 Å². The second-order valence-electron chi connectivity index (χ2n) is 4.55. The lowest BCUT2D eigenvalue weighted by Crippen LogP contribution is -1.98. The summed E-state index contributed by atoms with van der Waals surface area (Å²) in [6, 6.07) is 7.46. The van der Waals surface area contributed by atoms with Gasteiger partial charge in [0.2, 0.25) is 5.82 Å². The van der Waals surface area contributed by atoms with Gasteiger partial charge >= 0.3 is 5.97 Å². The molecule has 0 bridgehead atoms. The van der Waals surface area contributed by atoms with E-state index in [0.29, 0.717) is 11.2 Å². The Morgan fingerprint density at radius 2 is 2.22 bits per heavy atom. The largest absolute Gasteiger partial charge is 0.475 e. The number of benzene rings is 1. The van der Waals surface area contributed by atoms with Gasteiger partial charge in [-0.15, -0.1) is 15.3 Å². The number of anilines is 1. The molecule has 0 aliphatic heterocycles. The average Bonchev–Trinajstić information content (AvgIpc) is 3.04. The molecular weight excluding hydrogens is 298 g/mol. The minimum atomic E-state index is -1.21. The van der Waals surface area contributed by atoms with Gasteiger partial charge in [0.15, 0.2) is 0 Å². The van der Waals surface area contributed by atoms with E-state index < -0.39 is 5.97 Å². The number of carbonyl (C=O) groups is 1. The lowest BCUT2D eigenvalue weighted by atomic mass is 10.1. The van der Waals surface area contributed by atoms with Gasteiger partial charge in [0, 0.05) is 23.8 Å². The third-order valence-electron chi connectivity index (χ3n) is 3.04. The molecule has 23 heavy (non-hydrogen) atoms. The summed E-state index contributed by atoms with van der Waals surface area (Å²) in [6.45, 7) is 2.80. The molecule has 0 fully saturated rings. The molecule has 0 saturated carbocycles. The van der Waals surface area contributed by atoms with Gasteiger partial charge in [-0.05, 0) is 31.2 Å². The van der Waals surface area contributed by atoms with E-state index in [4.69, 9.17) is 5.11 Å². The highest BCUT2D eigenvalue weighted by molar-refractivity contribution is 5.98.